The van der Waals surface area contributed by atoms with Gasteiger partial charge in [0.25, 0.3) is 0 Å². The van der Waals surface area contributed by atoms with Crippen LogP contribution >= 0.6 is 0 Å². The van der Waals surface area contributed by atoms with Gasteiger partial charge in [0.1, 0.15) is 17.3 Å². The number of nitrogens with zero attached hydrogens (tertiary/aromatic N) is 1. The normalized spacial score (nSPS) is 19.8. The topological polar surface area (TPSA) is 55.8 Å². The number of cyclic esters (lactones) is 1. The van der Waals surface area contributed by atoms with Crippen LogP contribution in [0.2, 0.25) is 0 Å². The van der Waals surface area contributed by atoms with Gasteiger partial charge < -0.3 is 9.47 Å². The second-order valence-electron chi connectivity index (χ2n) is 8.88. The average Bonchev–Trinajstić information content (AvgIpc) is 2.80. The van der Waals surface area contributed by atoms with E-state index in [0.717, 1.165) is 16.7 Å². The van der Waals surface area contributed by atoms with Crippen molar-refractivity contribution in [2.24, 2.45) is 0 Å². The van der Waals surface area contributed by atoms with E-state index < -0.39 is 29.8 Å². The number of carbonyl (C=O) groups is 2. The molecule has 168 valence electrons. The molecule has 1 amide bonds. The van der Waals surface area contributed by atoms with Gasteiger partial charge in [-0.1, -0.05) is 91.0 Å². The molecular formula is C28H27NO4. The van der Waals surface area contributed by atoms with Crippen LogP contribution in [0.15, 0.2) is 96.7 Å². The van der Waals surface area contributed by atoms with Gasteiger partial charge in [0.2, 0.25) is 0 Å². The number of esters is 1. The first-order valence-electron chi connectivity index (χ1n) is 10.9. The first-order chi connectivity index (χ1) is 15.8. The number of benzene rings is 3. The molecule has 5 heteroatoms. The van der Waals surface area contributed by atoms with Crippen molar-refractivity contribution < 1.29 is 19.1 Å². The zero-order chi connectivity index (χ0) is 23.4. The lowest BCUT2D eigenvalue weighted by molar-refractivity contribution is -0.157. The largest absolute Gasteiger partial charge is 0.450 e. The van der Waals surface area contributed by atoms with Crippen LogP contribution in [0.5, 0.6) is 0 Å². The Bertz CT molecular complexity index is 1130. The van der Waals surface area contributed by atoms with Crippen LogP contribution in [-0.2, 0) is 14.3 Å². The summed E-state index contributed by atoms with van der Waals surface area (Å²) in [5.74, 6) is -0.578. The summed E-state index contributed by atoms with van der Waals surface area (Å²) in [4.78, 5) is 28.3. The van der Waals surface area contributed by atoms with Crippen molar-refractivity contribution in [1.82, 2.24) is 4.90 Å². The van der Waals surface area contributed by atoms with Crippen molar-refractivity contribution >= 4 is 18.1 Å². The van der Waals surface area contributed by atoms with Crippen molar-refractivity contribution in [3.63, 3.8) is 0 Å². The number of morpholine rings is 1. The molecule has 0 spiro atoms. The minimum atomic E-state index is -0.736. The molecule has 1 heterocycles. The molecule has 1 saturated heterocycles. The van der Waals surface area contributed by atoms with Crippen LogP contribution < -0.4 is 0 Å². The van der Waals surface area contributed by atoms with Crippen molar-refractivity contribution in [3.8, 4) is 0 Å². The highest BCUT2D eigenvalue weighted by Gasteiger charge is 2.46. The molecule has 0 aliphatic carbocycles. The molecule has 1 fully saturated rings. The highest BCUT2D eigenvalue weighted by Crippen LogP contribution is 2.44. The minimum Gasteiger partial charge on any atom is -0.450 e. The fraction of sp³-hybridized carbons (Fsp3) is 0.214. The molecule has 2 atom stereocenters. The molecule has 4 rings (SSSR count). The molecule has 0 bridgehead atoms. The highest BCUT2D eigenvalue weighted by atomic mass is 16.6. The first kappa shape index (κ1) is 22.3. The Morgan fingerprint density at radius 3 is 1.91 bits per heavy atom. The Labute approximate surface area is 194 Å². The van der Waals surface area contributed by atoms with Gasteiger partial charge >= 0.3 is 12.1 Å². The third kappa shape index (κ3) is 5.14. The van der Waals surface area contributed by atoms with Crippen LogP contribution in [0.4, 0.5) is 4.79 Å². The van der Waals surface area contributed by atoms with Crippen molar-refractivity contribution in [3.05, 3.63) is 113 Å². The third-order valence-electron chi connectivity index (χ3n) is 5.23. The van der Waals surface area contributed by atoms with Crippen molar-refractivity contribution in [1.29, 1.82) is 0 Å². The number of carbonyl (C=O) groups excluding carboxylic acids is 2. The summed E-state index contributed by atoms with van der Waals surface area (Å²) in [6, 6.07) is 27.8. The minimum absolute atomic E-state index is 0.136. The molecule has 0 unspecified atom stereocenters. The number of hydrogen-bond donors (Lipinski definition) is 0. The lowest BCUT2D eigenvalue weighted by atomic mass is 9.92. The quantitative estimate of drug-likeness (QED) is 0.353. The molecule has 0 saturated carbocycles. The van der Waals surface area contributed by atoms with Crippen LogP contribution in [0, 0.1) is 0 Å². The SMILES string of the molecule is CC(C)(C)OC(=O)N1/C(=C/c2ccccc2)C(=O)O[C@H](c2ccccc2)[C@@H]1c1ccccc1. The standard InChI is InChI=1S/C28H27NO4/c1-28(2,3)33-27(31)29-23(19-20-13-7-4-8-14-20)26(30)32-25(22-17-11-6-12-18-22)24(29)21-15-9-5-10-16-21/h4-19,24-25H,1-3H3/b23-19+/t24-,25+/m0/s1. The Morgan fingerprint density at radius 2 is 1.36 bits per heavy atom. The van der Waals surface area contributed by atoms with E-state index in [-0.39, 0.29) is 5.70 Å². The van der Waals surface area contributed by atoms with Crippen LogP contribution in [0.25, 0.3) is 6.08 Å². The summed E-state index contributed by atoms with van der Waals surface area (Å²) in [6.07, 6.45) is 0.376. The molecule has 0 radical (unpaired) electrons. The monoisotopic (exact) mass is 441 g/mol. The van der Waals surface area contributed by atoms with Gasteiger partial charge in [-0.25, -0.2) is 9.59 Å². The van der Waals surface area contributed by atoms with E-state index in [0.29, 0.717) is 0 Å². The van der Waals surface area contributed by atoms with E-state index in [2.05, 4.69) is 0 Å². The molecular weight excluding hydrogens is 414 g/mol. The summed E-state index contributed by atoms with van der Waals surface area (Å²) in [5, 5.41) is 0. The maximum Gasteiger partial charge on any atom is 0.415 e. The van der Waals surface area contributed by atoms with E-state index >= 15 is 0 Å². The zero-order valence-corrected chi connectivity index (χ0v) is 19.0. The molecule has 3 aromatic carbocycles. The van der Waals surface area contributed by atoms with Gasteiger partial charge in [0, 0.05) is 0 Å². The Kier molecular flexibility index (Phi) is 6.31. The molecule has 1 aliphatic heterocycles. The summed E-state index contributed by atoms with van der Waals surface area (Å²) in [7, 11) is 0. The van der Waals surface area contributed by atoms with E-state index in [4.69, 9.17) is 9.47 Å². The van der Waals surface area contributed by atoms with Crippen LogP contribution in [0.3, 0.4) is 0 Å². The molecule has 0 N–H and O–H groups in total. The summed E-state index contributed by atoms with van der Waals surface area (Å²) < 4.78 is 11.7. The van der Waals surface area contributed by atoms with Crippen molar-refractivity contribution in [2.75, 3.05) is 0 Å². The Hall–Kier alpha value is -3.86. The summed E-state index contributed by atoms with van der Waals surface area (Å²) >= 11 is 0. The lowest BCUT2D eigenvalue weighted by Gasteiger charge is -2.42. The molecule has 5 nitrogen and oxygen atoms in total. The first-order valence-corrected chi connectivity index (χ1v) is 10.9. The molecule has 3 aromatic rings. The smallest absolute Gasteiger partial charge is 0.415 e. The predicted octanol–water partition coefficient (Wildman–Crippen LogP) is 6.30. The third-order valence-corrected chi connectivity index (χ3v) is 5.23. The maximum absolute atomic E-state index is 13.6. The molecule has 1 aliphatic rings. The summed E-state index contributed by atoms with van der Waals surface area (Å²) in [5.41, 5.74) is 1.81. The number of hydrogen-bond acceptors (Lipinski definition) is 4. The second-order valence-corrected chi connectivity index (χ2v) is 8.88. The Morgan fingerprint density at radius 1 is 0.848 bits per heavy atom. The van der Waals surface area contributed by atoms with Gasteiger partial charge in [-0.05, 0) is 43.5 Å². The fourth-order valence-corrected chi connectivity index (χ4v) is 3.85. The van der Waals surface area contributed by atoms with Crippen LogP contribution in [0.1, 0.15) is 49.6 Å². The molecule has 33 heavy (non-hydrogen) atoms. The van der Waals surface area contributed by atoms with Gasteiger partial charge in [-0.3, -0.25) is 4.90 Å². The van der Waals surface area contributed by atoms with Crippen molar-refractivity contribution in [2.45, 2.75) is 38.5 Å². The van der Waals surface area contributed by atoms with Gasteiger partial charge in [-0.2, -0.15) is 0 Å². The van der Waals surface area contributed by atoms with E-state index in [9.17, 15) is 9.59 Å². The van der Waals surface area contributed by atoms with Gasteiger partial charge in [0.15, 0.2) is 6.10 Å². The van der Waals surface area contributed by atoms with Crippen LogP contribution in [-0.4, -0.2) is 22.6 Å². The predicted molar refractivity (Wildman–Crippen MR) is 127 cm³/mol. The summed E-state index contributed by atoms with van der Waals surface area (Å²) in [6.45, 7) is 5.42. The van der Waals surface area contributed by atoms with Gasteiger partial charge in [0.05, 0.1) is 0 Å². The van der Waals surface area contributed by atoms with Gasteiger partial charge in [-0.15, -0.1) is 0 Å². The maximum atomic E-state index is 13.6. The fourth-order valence-electron chi connectivity index (χ4n) is 3.85. The van der Waals surface area contributed by atoms with E-state index in [1.165, 1.54) is 4.90 Å². The Balaban J connectivity index is 1.90. The number of amides is 1. The lowest BCUT2D eigenvalue weighted by Crippen LogP contribution is -2.47. The second kappa shape index (κ2) is 9.33. The van der Waals surface area contributed by atoms with E-state index in [1.807, 2.05) is 91.0 Å². The molecule has 0 aromatic heterocycles. The highest BCUT2D eigenvalue weighted by molar-refractivity contribution is 5.98. The number of ether oxygens (including phenoxy) is 2. The number of rotatable bonds is 3. The average molecular weight is 442 g/mol. The van der Waals surface area contributed by atoms with E-state index in [1.54, 1.807) is 26.8 Å². The zero-order valence-electron chi connectivity index (χ0n) is 19.0.